The number of benzene rings is 1. The Kier molecular flexibility index (Phi) is 9.66. The van der Waals surface area contributed by atoms with E-state index >= 15 is 0 Å². The number of aliphatic carboxylic acids is 1. The van der Waals surface area contributed by atoms with Gasteiger partial charge in [-0.15, -0.1) is 11.3 Å². The van der Waals surface area contributed by atoms with Gasteiger partial charge < -0.3 is 19.9 Å². The number of nitrogens with one attached hydrogen (secondary N) is 1. The number of hydrogen-bond donors (Lipinski definition) is 2. The van der Waals surface area contributed by atoms with Crippen LogP contribution in [0.3, 0.4) is 0 Å². The molecule has 1 aromatic heterocycles. The number of methoxy groups -OCH3 is 1. The largest absolute Gasteiger partial charge is 0.481 e. The predicted octanol–water partition coefficient (Wildman–Crippen LogP) is 4.80. The van der Waals surface area contributed by atoms with Crippen molar-refractivity contribution in [3.8, 4) is 0 Å². The lowest BCUT2D eigenvalue weighted by molar-refractivity contribution is -0.144. The third-order valence-corrected chi connectivity index (χ3v) is 8.34. The molecule has 2 aliphatic heterocycles. The Bertz CT molecular complexity index is 1270. The number of ether oxygens (including phenoxy) is 2. The van der Waals surface area contributed by atoms with E-state index in [-0.39, 0.29) is 18.1 Å². The van der Waals surface area contributed by atoms with E-state index in [1.165, 1.54) is 18.4 Å². The molecular weight excluding hydrogens is 563 g/mol. The molecule has 0 bridgehead atoms. The molecule has 39 heavy (non-hydrogen) atoms. The summed E-state index contributed by atoms with van der Waals surface area (Å²) in [4.78, 5) is 36.5. The highest BCUT2D eigenvalue weighted by Crippen LogP contribution is 2.38. The summed E-state index contributed by atoms with van der Waals surface area (Å²) >= 11 is 14.2. The zero-order valence-electron chi connectivity index (χ0n) is 22.2. The van der Waals surface area contributed by atoms with E-state index in [1.807, 2.05) is 5.38 Å². The zero-order chi connectivity index (χ0) is 28.3. The second-order valence-electron chi connectivity index (χ2n) is 9.98. The summed E-state index contributed by atoms with van der Waals surface area (Å²) in [6.07, 6.45) is 1.92. The normalized spacial score (nSPS) is 22.8. The summed E-state index contributed by atoms with van der Waals surface area (Å²) in [6.45, 7) is 7.21. The number of amidine groups is 1. The second-order valence-corrected chi connectivity index (χ2v) is 11.7. The summed E-state index contributed by atoms with van der Waals surface area (Å²) in [5, 5.41) is 16.3. The van der Waals surface area contributed by atoms with Crippen molar-refractivity contribution in [1.82, 2.24) is 15.2 Å². The molecule has 4 rings (SSSR count). The van der Waals surface area contributed by atoms with Crippen molar-refractivity contribution in [1.29, 1.82) is 0 Å². The zero-order valence-corrected chi connectivity index (χ0v) is 24.5. The Morgan fingerprint density at radius 3 is 2.69 bits per heavy atom. The average molecular weight is 596 g/mol. The predicted molar refractivity (Wildman–Crippen MR) is 151 cm³/mol. The molecule has 0 aliphatic carbocycles. The van der Waals surface area contributed by atoms with Crippen molar-refractivity contribution in [2.45, 2.75) is 45.4 Å². The number of carboxylic acid groups (broad SMARTS) is 1. The highest BCUT2D eigenvalue weighted by molar-refractivity contribution is 7.11. The molecule has 0 amide bonds. The van der Waals surface area contributed by atoms with Crippen LogP contribution >= 0.6 is 34.5 Å². The molecule has 0 spiro atoms. The summed E-state index contributed by atoms with van der Waals surface area (Å²) in [5.74, 6) is -1.29. The number of rotatable bonds is 9. The van der Waals surface area contributed by atoms with E-state index in [2.05, 4.69) is 29.0 Å². The van der Waals surface area contributed by atoms with Gasteiger partial charge in [0.25, 0.3) is 0 Å². The van der Waals surface area contributed by atoms with Crippen LogP contribution in [0, 0.1) is 11.8 Å². The molecule has 1 unspecified atom stereocenters. The van der Waals surface area contributed by atoms with Crippen molar-refractivity contribution in [2.24, 2.45) is 16.8 Å². The lowest BCUT2D eigenvalue weighted by Crippen LogP contribution is -2.55. The summed E-state index contributed by atoms with van der Waals surface area (Å²) in [7, 11) is 1.33. The van der Waals surface area contributed by atoms with Crippen LogP contribution in [-0.2, 0) is 19.1 Å². The fraction of sp³-hybridized carbons (Fsp3) is 0.481. The Labute approximate surface area is 241 Å². The van der Waals surface area contributed by atoms with Gasteiger partial charge in [0.1, 0.15) is 6.04 Å². The highest BCUT2D eigenvalue weighted by atomic mass is 35.5. The first-order valence-corrected chi connectivity index (χ1v) is 14.3. The first-order chi connectivity index (χ1) is 18.6. The van der Waals surface area contributed by atoms with Crippen LogP contribution < -0.4 is 5.32 Å². The molecule has 3 heterocycles. The number of hydrogen-bond acceptors (Lipinski definition) is 9. The average Bonchev–Trinajstić information content (AvgIpc) is 3.44. The first kappa shape index (κ1) is 29.5. The van der Waals surface area contributed by atoms with Crippen LogP contribution in [0.1, 0.15) is 43.8 Å². The van der Waals surface area contributed by atoms with Crippen LogP contribution in [0.25, 0.3) is 0 Å². The number of thiazole rings is 1. The minimum absolute atomic E-state index is 0.167. The number of halogens is 2. The molecule has 0 radical (unpaired) electrons. The lowest BCUT2D eigenvalue weighted by Gasteiger charge is -2.44. The Morgan fingerprint density at radius 2 is 2.08 bits per heavy atom. The van der Waals surface area contributed by atoms with Gasteiger partial charge >= 0.3 is 11.9 Å². The molecule has 2 N–H and O–H groups in total. The third kappa shape index (κ3) is 6.63. The van der Waals surface area contributed by atoms with Crippen molar-refractivity contribution >= 4 is 52.3 Å². The number of esters is 1. The van der Waals surface area contributed by atoms with E-state index in [9.17, 15) is 14.7 Å². The Balaban J connectivity index is 1.81. The smallest absolute Gasteiger partial charge is 0.338 e. The van der Waals surface area contributed by atoms with Gasteiger partial charge in [0.15, 0.2) is 10.8 Å². The fourth-order valence-electron chi connectivity index (χ4n) is 5.04. The molecule has 4 atom stereocenters. The van der Waals surface area contributed by atoms with Crippen molar-refractivity contribution < 1.29 is 24.2 Å². The van der Waals surface area contributed by atoms with E-state index in [1.54, 1.807) is 31.3 Å². The molecule has 2 aliphatic rings. The van der Waals surface area contributed by atoms with Crippen molar-refractivity contribution in [3.63, 3.8) is 0 Å². The minimum Gasteiger partial charge on any atom is -0.481 e. The quantitative estimate of drug-likeness (QED) is 0.398. The van der Waals surface area contributed by atoms with Crippen LogP contribution in [0.2, 0.25) is 10.0 Å². The van der Waals surface area contributed by atoms with Gasteiger partial charge in [0.2, 0.25) is 0 Å². The molecule has 9 nitrogen and oxygen atoms in total. The molecule has 210 valence electrons. The second kappa shape index (κ2) is 12.8. The lowest BCUT2D eigenvalue weighted by atomic mass is 9.89. The molecule has 0 saturated carbocycles. The van der Waals surface area contributed by atoms with Crippen molar-refractivity contribution in [2.75, 3.05) is 26.8 Å². The topological polar surface area (TPSA) is 113 Å². The number of nitrogens with zero attached hydrogens (tertiary/aromatic N) is 3. The van der Waals surface area contributed by atoms with E-state index < -0.39 is 23.9 Å². The monoisotopic (exact) mass is 594 g/mol. The number of aliphatic imine (C=N–C) groups is 1. The fourth-order valence-corrected chi connectivity index (χ4v) is 6.14. The number of morpholine rings is 1. The number of aromatic nitrogens is 1. The van der Waals surface area contributed by atoms with Gasteiger partial charge in [-0.05, 0) is 24.5 Å². The molecule has 12 heteroatoms. The van der Waals surface area contributed by atoms with E-state index in [4.69, 9.17) is 37.7 Å². The third-order valence-electron chi connectivity index (χ3n) is 7.00. The molecule has 1 aromatic carbocycles. The highest BCUT2D eigenvalue weighted by Gasteiger charge is 2.39. The maximum absolute atomic E-state index is 13.3. The van der Waals surface area contributed by atoms with Gasteiger partial charge in [-0.3, -0.25) is 14.7 Å². The van der Waals surface area contributed by atoms with Crippen molar-refractivity contribution in [3.05, 3.63) is 61.7 Å². The van der Waals surface area contributed by atoms with Gasteiger partial charge in [-0.1, -0.05) is 50.0 Å². The van der Waals surface area contributed by atoms with Crippen LogP contribution in [0.5, 0.6) is 0 Å². The molecular formula is C27H32Cl2N4O5S. The van der Waals surface area contributed by atoms with Gasteiger partial charge in [-0.25, -0.2) is 9.78 Å². The number of carboxylic acids is 1. The standard InChI is InChI=1S/C27H32Cl2N4O5S/c1-14(2)23-20(11-15(3)26(34)35)33(8-9-38-23)13-19-21(27(36)37-4)22(17-6-5-16(28)12-18(17)29)32-24(31-19)25-30-7-10-39-25/h5-7,10,12,14-15,20,22-23H,8-9,11,13H2,1-4H3,(H,31,32)(H,34,35)/t15?,20-,22+,23-/m1/s1. The van der Waals surface area contributed by atoms with E-state index in [0.29, 0.717) is 63.8 Å². The minimum atomic E-state index is -0.857. The Morgan fingerprint density at radius 1 is 1.31 bits per heavy atom. The Hall–Kier alpha value is -2.50. The number of carbonyl (C=O) groups is 2. The van der Waals surface area contributed by atoms with Crippen LogP contribution in [-0.4, -0.2) is 71.7 Å². The maximum atomic E-state index is 13.3. The van der Waals surface area contributed by atoms with E-state index in [0.717, 1.165) is 0 Å². The maximum Gasteiger partial charge on any atom is 0.338 e. The van der Waals surface area contributed by atoms with Gasteiger partial charge in [-0.2, -0.15) is 0 Å². The van der Waals surface area contributed by atoms with Gasteiger partial charge in [0.05, 0.1) is 31.3 Å². The van der Waals surface area contributed by atoms with Crippen LogP contribution in [0.15, 0.2) is 46.0 Å². The van der Waals surface area contributed by atoms with Gasteiger partial charge in [0, 0.05) is 52.0 Å². The summed E-state index contributed by atoms with van der Waals surface area (Å²) in [5.41, 5.74) is 1.52. The summed E-state index contributed by atoms with van der Waals surface area (Å²) in [6, 6.07) is 4.13. The first-order valence-electron chi connectivity index (χ1n) is 12.7. The SMILES string of the molecule is COC(=O)C1=C(CN2CCO[C@H](C(C)C)[C@H]2CC(C)C(=O)O)NC(c2nccs2)=N[C@H]1c1ccc(Cl)cc1Cl. The van der Waals surface area contributed by atoms with Crippen LogP contribution in [0.4, 0.5) is 0 Å². The molecule has 1 saturated heterocycles. The number of carbonyl (C=O) groups excluding carboxylic acids is 1. The molecule has 2 aromatic rings. The molecule has 1 fully saturated rings. The summed E-state index contributed by atoms with van der Waals surface area (Å²) < 4.78 is 11.3.